The van der Waals surface area contributed by atoms with Crippen LogP contribution >= 0.6 is 0 Å². The quantitative estimate of drug-likeness (QED) is 0.665. The fourth-order valence-electron chi connectivity index (χ4n) is 1.89. The molecule has 0 amide bonds. The molecule has 0 aromatic heterocycles. The second-order valence-corrected chi connectivity index (χ2v) is 4.31. The van der Waals surface area contributed by atoms with Crippen molar-refractivity contribution in [1.29, 1.82) is 0 Å². The van der Waals surface area contributed by atoms with E-state index in [1.54, 1.807) is 6.08 Å². The molecular formula is C13H18O2. The van der Waals surface area contributed by atoms with Crippen LogP contribution < -0.4 is 0 Å². The van der Waals surface area contributed by atoms with Crippen LogP contribution in [0.25, 0.3) is 0 Å². The van der Waals surface area contributed by atoms with Crippen molar-refractivity contribution in [3.05, 3.63) is 23.3 Å². The van der Waals surface area contributed by atoms with Crippen LogP contribution in [0.3, 0.4) is 0 Å². The summed E-state index contributed by atoms with van der Waals surface area (Å²) in [6.07, 6.45) is 5.73. The molecule has 0 saturated heterocycles. The van der Waals surface area contributed by atoms with Crippen molar-refractivity contribution in [3.63, 3.8) is 0 Å². The van der Waals surface area contributed by atoms with Crippen LogP contribution in [-0.4, -0.2) is 11.6 Å². The Hall–Kier alpha value is -1.18. The first kappa shape index (κ1) is 11.9. The highest BCUT2D eigenvalue weighted by atomic mass is 16.1. The Labute approximate surface area is 91.1 Å². The van der Waals surface area contributed by atoms with E-state index in [9.17, 15) is 9.59 Å². The molecule has 0 N–H and O–H groups in total. The molecule has 0 atom stereocenters. The molecule has 0 spiro atoms. The number of carbonyl (C=O) groups excluding carboxylic acids is 2. The number of rotatable bonds is 3. The van der Waals surface area contributed by atoms with Gasteiger partial charge in [-0.2, -0.15) is 0 Å². The highest BCUT2D eigenvalue weighted by molar-refractivity contribution is 6.01. The van der Waals surface area contributed by atoms with Crippen LogP contribution in [0.15, 0.2) is 23.3 Å². The summed E-state index contributed by atoms with van der Waals surface area (Å²) in [5, 5.41) is 0. The van der Waals surface area contributed by atoms with E-state index >= 15 is 0 Å². The highest BCUT2D eigenvalue weighted by Gasteiger charge is 2.20. The first-order chi connectivity index (χ1) is 7.02. The largest absolute Gasteiger partial charge is 0.295 e. The lowest BCUT2D eigenvalue weighted by atomic mass is 9.84. The number of hydrogen-bond acceptors (Lipinski definition) is 2. The molecule has 82 valence electrons. The van der Waals surface area contributed by atoms with Gasteiger partial charge in [0.25, 0.3) is 0 Å². The van der Waals surface area contributed by atoms with Crippen LogP contribution in [0.5, 0.6) is 0 Å². The summed E-state index contributed by atoms with van der Waals surface area (Å²) < 4.78 is 0. The standard InChI is InChI=1S/C13H18O2/c1-9(2)11-5-4-6-13(15)12(11)8-7-10(3)14/h7-9H,4-6H2,1-3H3/b8-7-. The van der Waals surface area contributed by atoms with Gasteiger partial charge in [0.1, 0.15) is 0 Å². The minimum atomic E-state index is -0.0102. The van der Waals surface area contributed by atoms with Crippen molar-refractivity contribution in [2.75, 3.05) is 0 Å². The molecule has 0 aromatic carbocycles. The number of Topliss-reactive ketones (excluding diaryl/α,β-unsaturated/α-hetero) is 1. The fraction of sp³-hybridized carbons (Fsp3) is 0.538. The average molecular weight is 206 g/mol. The number of allylic oxidation sites excluding steroid dienone is 4. The monoisotopic (exact) mass is 206 g/mol. The van der Waals surface area contributed by atoms with Gasteiger partial charge >= 0.3 is 0 Å². The molecule has 2 heteroatoms. The van der Waals surface area contributed by atoms with Gasteiger partial charge in [0, 0.05) is 12.0 Å². The maximum atomic E-state index is 11.7. The first-order valence-electron chi connectivity index (χ1n) is 5.47. The lowest BCUT2D eigenvalue weighted by Crippen LogP contribution is -2.13. The summed E-state index contributed by atoms with van der Waals surface area (Å²) in [6, 6.07) is 0. The van der Waals surface area contributed by atoms with Crippen molar-refractivity contribution in [2.45, 2.75) is 40.0 Å². The maximum Gasteiger partial charge on any atom is 0.162 e. The van der Waals surface area contributed by atoms with E-state index in [0.29, 0.717) is 12.3 Å². The number of carbonyl (C=O) groups is 2. The van der Waals surface area contributed by atoms with Gasteiger partial charge in [0.2, 0.25) is 0 Å². The Bertz CT molecular complexity index is 332. The van der Waals surface area contributed by atoms with Gasteiger partial charge in [-0.15, -0.1) is 0 Å². The van der Waals surface area contributed by atoms with E-state index in [4.69, 9.17) is 0 Å². The summed E-state index contributed by atoms with van der Waals surface area (Å²) in [6.45, 7) is 5.69. The summed E-state index contributed by atoms with van der Waals surface area (Å²) in [4.78, 5) is 22.6. The Kier molecular flexibility index (Phi) is 4.01. The van der Waals surface area contributed by atoms with Crippen molar-refractivity contribution in [3.8, 4) is 0 Å². The van der Waals surface area contributed by atoms with Gasteiger partial charge in [-0.1, -0.05) is 19.4 Å². The molecule has 1 aliphatic rings. The van der Waals surface area contributed by atoms with Crippen molar-refractivity contribution in [2.24, 2.45) is 5.92 Å². The molecule has 0 fully saturated rings. The van der Waals surface area contributed by atoms with E-state index in [1.165, 1.54) is 18.6 Å². The smallest absolute Gasteiger partial charge is 0.162 e. The summed E-state index contributed by atoms with van der Waals surface area (Å²) in [7, 11) is 0. The third-order valence-corrected chi connectivity index (χ3v) is 2.68. The highest BCUT2D eigenvalue weighted by Crippen LogP contribution is 2.28. The molecule has 0 aliphatic heterocycles. The molecule has 0 saturated carbocycles. The molecule has 0 heterocycles. The third kappa shape index (κ3) is 3.15. The zero-order valence-corrected chi connectivity index (χ0v) is 9.67. The molecule has 0 bridgehead atoms. The minimum absolute atomic E-state index is 0.0102. The molecule has 0 unspecified atom stereocenters. The Morgan fingerprint density at radius 2 is 2.00 bits per heavy atom. The molecule has 15 heavy (non-hydrogen) atoms. The molecule has 0 radical (unpaired) electrons. The van der Waals surface area contributed by atoms with E-state index in [-0.39, 0.29) is 11.6 Å². The van der Waals surface area contributed by atoms with Crippen LogP contribution in [0.4, 0.5) is 0 Å². The molecular weight excluding hydrogens is 188 g/mol. The normalized spacial score (nSPS) is 18.0. The van der Waals surface area contributed by atoms with Gasteiger partial charge in [-0.3, -0.25) is 9.59 Å². The summed E-state index contributed by atoms with van der Waals surface area (Å²) in [5.41, 5.74) is 1.97. The average Bonchev–Trinajstić information content (AvgIpc) is 2.15. The third-order valence-electron chi connectivity index (χ3n) is 2.68. The van der Waals surface area contributed by atoms with E-state index in [2.05, 4.69) is 13.8 Å². The van der Waals surface area contributed by atoms with Crippen LogP contribution in [0, 0.1) is 5.92 Å². The predicted octanol–water partition coefficient (Wildman–Crippen LogP) is 2.84. The summed E-state index contributed by atoms with van der Waals surface area (Å²) >= 11 is 0. The zero-order valence-electron chi connectivity index (χ0n) is 9.67. The second-order valence-electron chi connectivity index (χ2n) is 4.31. The van der Waals surface area contributed by atoms with Crippen LogP contribution in [0.1, 0.15) is 40.0 Å². The van der Waals surface area contributed by atoms with Gasteiger partial charge in [0.05, 0.1) is 0 Å². The summed E-state index contributed by atoms with van der Waals surface area (Å²) in [5.74, 6) is 0.562. The van der Waals surface area contributed by atoms with Crippen molar-refractivity contribution in [1.82, 2.24) is 0 Å². The topological polar surface area (TPSA) is 34.1 Å². The maximum absolute atomic E-state index is 11.7. The fourth-order valence-corrected chi connectivity index (χ4v) is 1.89. The SMILES string of the molecule is CC(=O)/C=C\C1=C(C(C)C)CCCC1=O. The zero-order chi connectivity index (χ0) is 11.4. The van der Waals surface area contributed by atoms with Crippen LogP contribution in [0.2, 0.25) is 0 Å². The van der Waals surface area contributed by atoms with Gasteiger partial charge in [-0.05, 0) is 37.8 Å². The second kappa shape index (κ2) is 5.06. The van der Waals surface area contributed by atoms with E-state index in [1.807, 2.05) is 0 Å². The van der Waals surface area contributed by atoms with Crippen LogP contribution in [-0.2, 0) is 9.59 Å². The van der Waals surface area contributed by atoms with Crippen molar-refractivity contribution < 1.29 is 9.59 Å². The molecule has 0 aromatic rings. The van der Waals surface area contributed by atoms with E-state index < -0.39 is 0 Å². The lowest BCUT2D eigenvalue weighted by Gasteiger charge is -2.20. The van der Waals surface area contributed by atoms with Gasteiger partial charge in [0.15, 0.2) is 11.6 Å². The van der Waals surface area contributed by atoms with Gasteiger partial charge in [-0.25, -0.2) is 0 Å². The Morgan fingerprint density at radius 1 is 1.33 bits per heavy atom. The lowest BCUT2D eigenvalue weighted by molar-refractivity contribution is -0.115. The Morgan fingerprint density at radius 3 is 2.53 bits per heavy atom. The van der Waals surface area contributed by atoms with E-state index in [0.717, 1.165) is 18.4 Å². The molecule has 1 aliphatic carbocycles. The minimum Gasteiger partial charge on any atom is -0.295 e. The molecule has 1 rings (SSSR count). The van der Waals surface area contributed by atoms with Crippen molar-refractivity contribution >= 4 is 11.6 Å². The van der Waals surface area contributed by atoms with Gasteiger partial charge < -0.3 is 0 Å². The number of hydrogen-bond donors (Lipinski definition) is 0. The predicted molar refractivity (Wildman–Crippen MR) is 60.5 cm³/mol. The molecule has 2 nitrogen and oxygen atoms in total. The number of ketones is 2. The first-order valence-corrected chi connectivity index (χ1v) is 5.47. The Balaban J connectivity index is 3.03.